The lowest BCUT2D eigenvalue weighted by atomic mass is 10.2. The fourth-order valence-electron chi connectivity index (χ4n) is 3.57. The Bertz CT molecular complexity index is 843. The molecule has 1 saturated heterocycles. The van der Waals surface area contributed by atoms with E-state index >= 15 is 0 Å². The molecule has 2 aromatic rings. The number of carbonyl (C=O) groups is 2. The van der Waals surface area contributed by atoms with Crippen LogP contribution in [0, 0.1) is 13.8 Å². The van der Waals surface area contributed by atoms with E-state index in [4.69, 9.17) is 4.74 Å². The third kappa shape index (κ3) is 5.11. The van der Waals surface area contributed by atoms with Crippen LogP contribution < -0.4 is 10.2 Å². The number of esters is 1. The number of hydrogen-bond donors (Lipinski definition) is 1. The molecule has 1 amide bonds. The Labute approximate surface area is 170 Å². The highest BCUT2D eigenvalue weighted by atomic mass is 16.5. The number of pyridine rings is 1. The smallest absolute Gasteiger partial charge is 0.325 e. The van der Waals surface area contributed by atoms with Crippen LogP contribution in [0.3, 0.4) is 0 Å². The maximum atomic E-state index is 12.0. The fourth-order valence-corrected chi connectivity index (χ4v) is 3.57. The first-order chi connectivity index (χ1) is 14.0. The SMILES string of the molecule is CCOC(=O)CNC(=O)CN1CCN(c2c(C)nn(-c3ccccn3)c2C)CC1. The monoisotopic (exact) mass is 400 g/mol. The third-order valence-electron chi connectivity index (χ3n) is 4.91. The van der Waals surface area contributed by atoms with E-state index in [9.17, 15) is 9.59 Å². The molecule has 3 rings (SSSR count). The maximum Gasteiger partial charge on any atom is 0.325 e. The zero-order chi connectivity index (χ0) is 20.8. The lowest BCUT2D eigenvalue weighted by Gasteiger charge is -2.35. The van der Waals surface area contributed by atoms with Crippen molar-refractivity contribution in [3.8, 4) is 5.82 Å². The highest BCUT2D eigenvalue weighted by Gasteiger charge is 2.24. The molecule has 0 saturated carbocycles. The number of nitrogens with zero attached hydrogens (tertiary/aromatic N) is 5. The summed E-state index contributed by atoms with van der Waals surface area (Å²) in [5, 5.41) is 7.28. The first-order valence-corrected chi connectivity index (χ1v) is 9.86. The van der Waals surface area contributed by atoms with E-state index in [1.807, 2.05) is 29.8 Å². The van der Waals surface area contributed by atoms with Crippen molar-refractivity contribution in [1.82, 2.24) is 25.0 Å². The van der Waals surface area contributed by atoms with Gasteiger partial charge < -0.3 is 15.0 Å². The standard InChI is InChI=1S/C20H28N6O3/c1-4-29-19(28)13-22-18(27)14-24-9-11-25(12-10-24)20-15(2)23-26(16(20)3)17-7-5-6-8-21-17/h5-8H,4,9-14H2,1-3H3,(H,22,27). The van der Waals surface area contributed by atoms with E-state index in [1.54, 1.807) is 13.1 Å². The second-order valence-electron chi connectivity index (χ2n) is 6.96. The molecule has 1 N–H and O–H groups in total. The van der Waals surface area contributed by atoms with Crippen molar-refractivity contribution in [2.24, 2.45) is 0 Å². The van der Waals surface area contributed by atoms with Crippen molar-refractivity contribution in [2.75, 3.05) is 50.8 Å². The topological polar surface area (TPSA) is 92.6 Å². The molecule has 0 aromatic carbocycles. The van der Waals surface area contributed by atoms with Crippen LogP contribution in [0.4, 0.5) is 5.69 Å². The second kappa shape index (κ2) is 9.51. The molecule has 1 aliphatic rings. The van der Waals surface area contributed by atoms with Gasteiger partial charge in [-0.2, -0.15) is 5.10 Å². The van der Waals surface area contributed by atoms with Crippen LogP contribution in [-0.4, -0.2) is 77.4 Å². The van der Waals surface area contributed by atoms with Crippen molar-refractivity contribution in [3.63, 3.8) is 0 Å². The molecule has 29 heavy (non-hydrogen) atoms. The average Bonchev–Trinajstić information content (AvgIpc) is 3.02. The number of aryl methyl sites for hydroxylation is 1. The van der Waals surface area contributed by atoms with Crippen molar-refractivity contribution < 1.29 is 14.3 Å². The minimum absolute atomic E-state index is 0.0856. The zero-order valence-electron chi connectivity index (χ0n) is 17.2. The number of amides is 1. The molecule has 3 heterocycles. The molecule has 0 atom stereocenters. The summed E-state index contributed by atoms with van der Waals surface area (Å²) in [5.74, 6) is 0.222. The molecule has 0 spiro atoms. The van der Waals surface area contributed by atoms with E-state index in [0.717, 1.165) is 49.1 Å². The van der Waals surface area contributed by atoms with E-state index < -0.39 is 5.97 Å². The highest BCUT2D eigenvalue weighted by molar-refractivity contribution is 5.83. The Hall–Kier alpha value is -2.94. The van der Waals surface area contributed by atoms with Gasteiger partial charge in [0.15, 0.2) is 5.82 Å². The van der Waals surface area contributed by atoms with E-state index in [-0.39, 0.29) is 19.0 Å². The van der Waals surface area contributed by atoms with Gasteiger partial charge in [-0.3, -0.25) is 14.5 Å². The minimum Gasteiger partial charge on any atom is -0.465 e. The molecular weight excluding hydrogens is 372 g/mol. The van der Waals surface area contributed by atoms with Gasteiger partial charge in [-0.05, 0) is 32.9 Å². The van der Waals surface area contributed by atoms with Crippen molar-refractivity contribution in [3.05, 3.63) is 35.8 Å². The number of rotatable bonds is 7. The molecule has 9 nitrogen and oxygen atoms in total. The number of carbonyl (C=O) groups excluding carboxylic acids is 2. The molecule has 9 heteroatoms. The van der Waals surface area contributed by atoms with Gasteiger partial charge in [-0.1, -0.05) is 6.07 Å². The van der Waals surface area contributed by atoms with Crippen molar-refractivity contribution >= 4 is 17.6 Å². The van der Waals surface area contributed by atoms with E-state index in [2.05, 4.69) is 32.1 Å². The maximum absolute atomic E-state index is 12.0. The van der Waals surface area contributed by atoms with Crippen LogP contribution in [0.15, 0.2) is 24.4 Å². The predicted molar refractivity (Wildman–Crippen MR) is 109 cm³/mol. The molecule has 2 aromatic heterocycles. The third-order valence-corrected chi connectivity index (χ3v) is 4.91. The van der Waals surface area contributed by atoms with Gasteiger partial charge in [0.25, 0.3) is 0 Å². The molecule has 0 unspecified atom stereocenters. The fraction of sp³-hybridized carbons (Fsp3) is 0.500. The molecule has 0 bridgehead atoms. The molecule has 156 valence electrons. The van der Waals surface area contributed by atoms with Crippen LogP contribution in [0.2, 0.25) is 0 Å². The van der Waals surface area contributed by atoms with E-state index in [1.165, 1.54) is 0 Å². The number of nitrogens with one attached hydrogen (secondary N) is 1. The summed E-state index contributed by atoms with van der Waals surface area (Å²) in [4.78, 5) is 32.2. The van der Waals surface area contributed by atoms with Crippen LogP contribution in [0.1, 0.15) is 18.3 Å². The predicted octanol–water partition coefficient (Wildman–Crippen LogP) is 0.685. The summed E-state index contributed by atoms with van der Waals surface area (Å²) in [6.07, 6.45) is 1.76. The van der Waals surface area contributed by atoms with Gasteiger partial charge in [0.2, 0.25) is 5.91 Å². The number of ether oxygens (including phenoxy) is 1. The first kappa shape index (κ1) is 20.8. The number of aromatic nitrogens is 3. The number of piperazine rings is 1. The van der Waals surface area contributed by atoms with Gasteiger partial charge in [0.1, 0.15) is 6.54 Å². The van der Waals surface area contributed by atoms with Gasteiger partial charge in [-0.15, -0.1) is 0 Å². The largest absolute Gasteiger partial charge is 0.465 e. The van der Waals surface area contributed by atoms with Gasteiger partial charge >= 0.3 is 5.97 Å². The van der Waals surface area contributed by atoms with E-state index in [0.29, 0.717) is 6.61 Å². The van der Waals surface area contributed by atoms with Gasteiger partial charge in [-0.25, -0.2) is 9.67 Å². The Morgan fingerprint density at radius 1 is 1.17 bits per heavy atom. The minimum atomic E-state index is -0.415. The summed E-state index contributed by atoms with van der Waals surface area (Å²) in [6, 6.07) is 5.78. The molecule has 1 aliphatic heterocycles. The molecule has 0 radical (unpaired) electrons. The van der Waals surface area contributed by atoms with Crippen molar-refractivity contribution in [2.45, 2.75) is 20.8 Å². The Morgan fingerprint density at radius 3 is 2.59 bits per heavy atom. The summed E-state index contributed by atoms with van der Waals surface area (Å²) in [7, 11) is 0. The Balaban J connectivity index is 1.55. The molecule has 1 fully saturated rings. The van der Waals surface area contributed by atoms with Gasteiger partial charge in [0, 0.05) is 32.4 Å². The number of anilines is 1. The quantitative estimate of drug-likeness (QED) is 0.684. The normalized spacial score (nSPS) is 14.7. The lowest BCUT2D eigenvalue weighted by Crippen LogP contribution is -2.50. The highest BCUT2D eigenvalue weighted by Crippen LogP contribution is 2.27. The summed E-state index contributed by atoms with van der Waals surface area (Å²) in [6.45, 7) is 9.45. The average molecular weight is 400 g/mol. The Morgan fingerprint density at radius 2 is 1.93 bits per heavy atom. The van der Waals surface area contributed by atoms with Gasteiger partial charge in [0.05, 0.1) is 30.2 Å². The zero-order valence-corrected chi connectivity index (χ0v) is 17.2. The van der Waals surface area contributed by atoms with Crippen molar-refractivity contribution in [1.29, 1.82) is 0 Å². The van der Waals surface area contributed by atoms with Crippen LogP contribution in [-0.2, 0) is 14.3 Å². The van der Waals surface area contributed by atoms with Crippen LogP contribution in [0.25, 0.3) is 5.82 Å². The summed E-state index contributed by atoms with van der Waals surface area (Å²) < 4.78 is 6.69. The lowest BCUT2D eigenvalue weighted by molar-refractivity contribution is -0.143. The first-order valence-electron chi connectivity index (χ1n) is 9.86. The number of hydrogen-bond acceptors (Lipinski definition) is 7. The Kier molecular flexibility index (Phi) is 6.82. The van der Waals surface area contributed by atoms with Crippen LogP contribution in [0.5, 0.6) is 0 Å². The summed E-state index contributed by atoms with van der Waals surface area (Å²) in [5.41, 5.74) is 3.15. The summed E-state index contributed by atoms with van der Waals surface area (Å²) >= 11 is 0. The molecule has 0 aliphatic carbocycles. The second-order valence-corrected chi connectivity index (χ2v) is 6.96. The molecular formula is C20H28N6O3. The van der Waals surface area contributed by atoms with Crippen LogP contribution >= 0.6 is 0 Å².